The van der Waals surface area contributed by atoms with Gasteiger partial charge in [-0.05, 0) is 24.6 Å². The molecule has 5 heteroatoms. The molecule has 1 aromatic carbocycles. The minimum Gasteiger partial charge on any atom is -0.508 e. The first-order valence-electron chi connectivity index (χ1n) is 4.80. The molecule has 82 valence electrons. The van der Waals surface area contributed by atoms with Crippen LogP contribution in [0.15, 0.2) is 30.5 Å². The second kappa shape index (κ2) is 4.06. The number of phenolic OH excluding ortho intramolecular Hbond substituents is 1. The first-order chi connectivity index (χ1) is 7.65. The number of benzene rings is 1. The minimum absolute atomic E-state index is 0.230. The van der Waals surface area contributed by atoms with Crippen LogP contribution >= 0.6 is 0 Å². The van der Waals surface area contributed by atoms with E-state index in [0.29, 0.717) is 17.5 Å². The van der Waals surface area contributed by atoms with E-state index in [2.05, 4.69) is 15.3 Å². The van der Waals surface area contributed by atoms with E-state index in [0.717, 1.165) is 5.56 Å². The van der Waals surface area contributed by atoms with Crippen LogP contribution in [0.25, 0.3) is 0 Å². The molecular formula is C11H12N4O. The van der Waals surface area contributed by atoms with E-state index in [9.17, 15) is 5.11 Å². The highest BCUT2D eigenvalue weighted by molar-refractivity contribution is 5.57. The Hall–Kier alpha value is -2.30. The van der Waals surface area contributed by atoms with Gasteiger partial charge in [-0.15, -0.1) is 0 Å². The van der Waals surface area contributed by atoms with Crippen molar-refractivity contribution in [1.29, 1.82) is 0 Å². The Morgan fingerprint density at radius 3 is 2.81 bits per heavy atom. The first kappa shape index (κ1) is 10.2. The highest BCUT2D eigenvalue weighted by Crippen LogP contribution is 2.22. The lowest BCUT2D eigenvalue weighted by Gasteiger charge is -2.06. The van der Waals surface area contributed by atoms with Crippen LogP contribution in [0.4, 0.5) is 17.5 Å². The molecule has 0 unspecified atom stereocenters. The van der Waals surface area contributed by atoms with E-state index in [1.165, 1.54) is 0 Å². The molecule has 0 fully saturated rings. The summed E-state index contributed by atoms with van der Waals surface area (Å²) in [7, 11) is 0. The second-order valence-electron chi connectivity index (χ2n) is 3.43. The number of nitrogens with one attached hydrogen (secondary N) is 1. The Labute approximate surface area is 93.0 Å². The molecule has 1 heterocycles. The molecule has 0 atom stereocenters. The zero-order valence-electron chi connectivity index (χ0n) is 8.81. The molecule has 0 saturated heterocycles. The number of nitrogens with two attached hydrogens (primary N) is 1. The fourth-order valence-electron chi connectivity index (χ4n) is 1.25. The van der Waals surface area contributed by atoms with Crippen LogP contribution < -0.4 is 11.1 Å². The molecule has 16 heavy (non-hydrogen) atoms. The van der Waals surface area contributed by atoms with Crippen LogP contribution in [0.2, 0.25) is 0 Å². The van der Waals surface area contributed by atoms with Gasteiger partial charge in [-0.3, -0.25) is 0 Å². The minimum atomic E-state index is 0.230. The molecule has 0 aliphatic heterocycles. The Kier molecular flexibility index (Phi) is 2.59. The van der Waals surface area contributed by atoms with Crippen LogP contribution in [-0.4, -0.2) is 15.1 Å². The van der Waals surface area contributed by atoms with Crippen molar-refractivity contribution in [3.8, 4) is 5.75 Å². The SMILES string of the molecule is Cc1ccc(Nc2nccc(N)n2)cc1O. The lowest BCUT2D eigenvalue weighted by Crippen LogP contribution is -1.99. The highest BCUT2D eigenvalue weighted by atomic mass is 16.3. The average Bonchev–Trinajstić information content (AvgIpc) is 2.24. The van der Waals surface area contributed by atoms with Gasteiger partial charge in [-0.2, -0.15) is 4.98 Å². The summed E-state index contributed by atoms with van der Waals surface area (Å²) >= 11 is 0. The summed E-state index contributed by atoms with van der Waals surface area (Å²) in [4.78, 5) is 8.00. The largest absolute Gasteiger partial charge is 0.508 e. The number of nitrogens with zero attached hydrogens (tertiary/aromatic N) is 2. The van der Waals surface area contributed by atoms with Crippen molar-refractivity contribution < 1.29 is 5.11 Å². The number of hydrogen-bond donors (Lipinski definition) is 3. The number of nitrogen functional groups attached to an aromatic ring is 1. The van der Waals surface area contributed by atoms with Crippen LogP contribution in [0, 0.1) is 6.92 Å². The number of aromatic nitrogens is 2. The summed E-state index contributed by atoms with van der Waals surface area (Å²) < 4.78 is 0. The number of rotatable bonds is 2. The van der Waals surface area contributed by atoms with E-state index < -0.39 is 0 Å². The summed E-state index contributed by atoms with van der Waals surface area (Å²) in [5.41, 5.74) is 7.06. The maximum Gasteiger partial charge on any atom is 0.229 e. The summed E-state index contributed by atoms with van der Waals surface area (Å²) in [6, 6.07) is 6.87. The normalized spacial score (nSPS) is 10.1. The van der Waals surface area contributed by atoms with Gasteiger partial charge in [0, 0.05) is 18.0 Å². The smallest absolute Gasteiger partial charge is 0.229 e. The van der Waals surface area contributed by atoms with Gasteiger partial charge in [0.2, 0.25) is 5.95 Å². The van der Waals surface area contributed by atoms with Crippen molar-refractivity contribution in [1.82, 2.24) is 9.97 Å². The van der Waals surface area contributed by atoms with E-state index in [-0.39, 0.29) is 5.75 Å². The van der Waals surface area contributed by atoms with Crippen molar-refractivity contribution in [2.75, 3.05) is 11.1 Å². The van der Waals surface area contributed by atoms with Gasteiger partial charge in [0.15, 0.2) is 0 Å². The van der Waals surface area contributed by atoms with Gasteiger partial charge in [0.1, 0.15) is 11.6 Å². The van der Waals surface area contributed by atoms with Gasteiger partial charge >= 0.3 is 0 Å². The molecule has 0 bridgehead atoms. The molecule has 2 aromatic rings. The van der Waals surface area contributed by atoms with E-state index in [1.807, 2.05) is 19.1 Å². The van der Waals surface area contributed by atoms with Crippen molar-refractivity contribution in [3.63, 3.8) is 0 Å². The standard InChI is InChI=1S/C11H12N4O/c1-7-2-3-8(6-9(7)16)14-11-13-5-4-10(12)15-11/h2-6,16H,1H3,(H3,12,13,14,15). The lowest BCUT2D eigenvalue weighted by molar-refractivity contribution is 0.471. The number of anilines is 3. The summed E-state index contributed by atoms with van der Waals surface area (Å²) in [5.74, 6) is 1.03. The summed E-state index contributed by atoms with van der Waals surface area (Å²) in [5, 5.41) is 12.5. The Bertz CT molecular complexity index is 513. The monoisotopic (exact) mass is 216 g/mol. The molecule has 0 aliphatic rings. The molecule has 0 radical (unpaired) electrons. The van der Waals surface area contributed by atoms with Crippen LogP contribution in [0.5, 0.6) is 5.75 Å². The fraction of sp³-hybridized carbons (Fsp3) is 0.0909. The Morgan fingerprint density at radius 2 is 2.12 bits per heavy atom. The van der Waals surface area contributed by atoms with Gasteiger partial charge in [0.05, 0.1) is 0 Å². The van der Waals surface area contributed by atoms with E-state index in [4.69, 9.17) is 5.73 Å². The van der Waals surface area contributed by atoms with Gasteiger partial charge < -0.3 is 16.2 Å². The second-order valence-corrected chi connectivity index (χ2v) is 3.43. The summed E-state index contributed by atoms with van der Waals surface area (Å²) in [6.07, 6.45) is 1.57. The summed E-state index contributed by atoms with van der Waals surface area (Å²) in [6.45, 7) is 1.83. The molecule has 0 spiro atoms. The topological polar surface area (TPSA) is 84.1 Å². The van der Waals surface area contributed by atoms with Crippen LogP contribution in [-0.2, 0) is 0 Å². The van der Waals surface area contributed by atoms with E-state index >= 15 is 0 Å². The van der Waals surface area contributed by atoms with Crippen molar-refractivity contribution >= 4 is 17.5 Å². The maximum atomic E-state index is 9.53. The number of phenols is 1. The molecule has 4 N–H and O–H groups in total. The van der Waals surface area contributed by atoms with Crippen LogP contribution in [0.1, 0.15) is 5.56 Å². The predicted octanol–water partition coefficient (Wildman–Crippen LogP) is 1.82. The molecular weight excluding hydrogens is 204 g/mol. The maximum absolute atomic E-state index is 9.53. The lowest BCUT2D eigenvalue weighted by atomic mass is 10.2. The predicted molar refractivity (Wildman–Crippen MR) is 62.6 cm³/mol. The molecule has 0 aliphatic carbocycles. The first-order valence-corrected chi connectivity index (χ1v) is 4.80. The molecule has 5 nitrogen and oxygen atoms in total. The fourth-order valence-corrected chi connectivity index (χ4v) is 1.25. The quantitative estimate of drug-likeness (QED) is 0.713. The van der Waals surface area contributed by atoms with E-state index in [1.54, 1.807) is 18.3 Å². The Morgan fingerprint density at radius 1 is 1.31 bits per heavy atom. The van der Waals surface area contributed by atoms with Crippen molar-refractivity contribution in [3.05, 3.63) is 36.0 Å². The molecule has 2 rings (SSSR count). The third-order valence-corrected chi connectivity index (χ3v) is 2.14. The highest BCUT2D eigenvalue weighted by Gasteiger charge is 2.00. The third kappa shape index (κ3) is 2.20. The van der Waals surface area contributed by atoms with Crippen LogP contribution in [0.3, 0.4) is 0 Å². The van der Waals surface area contributed by atoms with Gasteiger partial charge in [-0.1, -0.05) is 6.07 Å². The number of hydrogen-bond acceptors (Lipinski definition) is 5. The Balaban J connectivity index is 2.24. The zero-order chi connectivity index (χ0) is 11.5. The van der Waals surface area contributed by atoms with Crippen molar-refractivity contribution in [2.24, 2.45) is 0 Å². The number of aromatic hydroxyl groups is 1. The van der Waals surface area contributed by atoms with Gasteiger partial charge in [0.25, 0.3) is 0 Å². The van der Waals surface area contributed by atoms with Crippen molar-refractivity contribution in [2.45, 2.75) is 6.92 Å². The molecule has 0 amide bonds. The average molecular weight is 216 g/mol. The van der Waals surface area contributed by atoms with Gasteiger partial charge in [-0.25, -0.2) is 4.98 Å². The number of aryl methyl sites for hydroxylation is 1. The molecule has 1 aromatic heterocycles. The molecule has 0 saturated carbocycles. The third-order valence-electron chi connectivity index (χ3n) is 2.14. The zero-order valence-corrected chi connectivity index (χ0v) is 8.81.